The molecule has 11 heteroatoms. The first kappa shape index (κ1) is 26.6. The molecule has 1 fully saturated rings. The van der Waals surface area contributed by atoms with E-state index in [1.54, 1.807) is 24.3 Å². The normalized spacial score (nSPS) is 23.8. The highest BCUT2D eigenvalue weighted by atomic mass is 35.5. The maximum absolute atomic E-state index is 13.0. The van der Waals surface area contributed by atoms with Crippen LogP contribution in [0.1, 0.15) is 20.3 Å². The second-order valence-electron chi connectivity index (χ2n) is 9.15. The van der Waals surface area contributed by atoms with Crippen LogP contribution in [0.4, 0.5) is 0 Å². The first-order valence-electron chi connectivity index (χ1n) is 11.7. The van der Waals surface area contributed by atoms with Crippen LogP contribution in [-0.4, -0.2) is 73.9 Å². The maximum atomic E-state index is 13.0. The fourth-order valence-corrected chi connectivity index (χ4v) is 5.72. The molecule has 2 unspecified atom stereocenters. The van der Waals surface area contributed by atoms with Gasteiger partial charge < -0.3 is 9.47 Å². The van der Waals surface area contributed by atoms with Gasteiger partial charge in [-0.05, 0) is 74.4 Å². The lowest BCUT2D eigenvalue weighted by Gasteiger charge is -2.35. The van der Waals surface area contributed by atoms with Crippen molar-refractivity contribution >= 4 is 27.5 Å². The summed E-state index contributed by atoms with van der Waals surface area (Å²) < 4.78 is 39.9. The predicted molar refractivity (Wildman–Crippen MR) is 135 cm³/mol. The van der Waals surface area contributed by atoms with Gasteiger partial charge in [-0.25, -0.2) is 13.5 Å². The van der Waals surface area contributed by atoms with Crippen LogP contribution in [0, 0.1) is 0 Å². The monoisotopic (exact) mass is 535 g/mol. The zero-order valence-electron chi connectivity index (χ0n) is 20.1. The van der Waals surface area contributed by atoms with Crippen LogP contribution < -0.4 is 9.46 Å². The molecule has 4 rings (SSSR count). The van der Waals surface area contributed by atoms with E-state index < -0.39 is 22.0 Å². The second-order valence-corrected chi connectivity index (χ2v) is 11.3. The summed E-state index contributed by atoms with van der Waals surface area (Å²) in [7, 11) is -4.02. The highest BCUT2D eigenvalue weighted by Gasteiger charge is 2.32. The van der Waals surface area contributed by atoms with Crippen LogP contribution in [0.15, 0.2) is 65.1 Å². The number of carbonyl (C=O) groups excluding carboxylic acids is 1. The van der Waals surface area contributed by atoms with E-state index in [-0.39, 0.29) is 30.1 Å². The quantitative estimate of drug-likeness (QED) is 0.413. The van der Waals surface area contributed by atoms with Gasteiger partial charge in [-0.3, -0.25) is 14.9 Å². The third-order valence-corrected chi connectivity index (χ3v) is 7.69. The van der Waals surface area contributed by atoms with Crippen molar-refractivity contribution in [1.82, 2.24) is 14.7 Å². The Morgan fingerprint density at radius 2 is 1.64 bits per heavy atom. The molecule has 3 atom stereocenters. The van der Waals surface area contributed by atoms with Crippen LogP contribution in [0.25, 0.3) is 0 Å². The van der Waals surface area contributed by atoms with Gasteiger partial charge in [0.2, 0.25) is 10.0 Å². The third-order valence-electron chi connectivity index (χ3n) is 5.95. The highest BCUT2D eigenvalue weighted by molar-refractivity contribution is 7.89. The predicted octanol–water partition coefficient (Wildman–Crippen LogP) is 3.44. The van der Waals surface area contributed by atoms with Crippen molar-refractivity contribution in [2.24, 2.45) is 0 Å². The highest BCUT2D eigenvalue weighted by Crippen LogP contribution is 2.25. The number of hydroxylamine groups is 2. The molecule has 0 saturated carbocycles. The molecule has 2 aliphatic rings. The first-order chi connectivity index (χ1) is 17.1. The van der Waals surface area contributed by atoms with Gasteiger partial charge in [0.25, 0.3) is 5.91 Å². The molecule has 0 radical (unpaired) electrons. The van der Waals surface area contributed by atoms with Crippen molar-refractivity contribution in [3.63, 3.8) is 0 Å². The Balaban J connectivity index is 1.41. The minimum absolute atomic E-state index is 0.0204. The Bertz CT molecular complexity index is 1190. The van der Waals surface area contributed by atoms with Gasteiger partial charge in [-0.2, -0.15) is 4.72 Å². The van der Waals surface area contributed by atoms with E-state index in [2.05, 4.69) is 9.62 Å². The van der Waals surface area contributed by atoms with Crippen molar-refractivity contribution in [3.8, 4) is 11.5 Å². The van der Waals surface area contributed by atoms with Crippen LogP contribution in [0.3, 0.4) is 0 Å². The summed E-state index contributed by atoms with van der Waals surface area (Å²) in [6.45, 7) is 6.09. The number of hydrogen-bond acceptors (Lipinski definition) is 7. The van der Waals surface area contributed by atoms with Gasteiger partial charge in [0.15, 0.2) is 0 Å². The number of ether oxygens (including phenoxy) is 2. The number of benzene rings is 2. The number of morpholine rings is 1. The van der Waals surface area contributed by atoms with Gasteiger partial charge in [0.1, 0.15) is 17.5 Å². The minimum atomic E-state index is -4.02. The Morgan fingerprint density at radius 3 is 2.25 bits per heavy atom. The number of sulfonamides is 1. The molecule has 0 aliphatic carbocycles. The zero-order valence-corrected chi connectivity index (χ0v) is 21.7. The van der Waals surface area contributed by atoms with Crippen LogP contribution in [0.2, 0.25) is 5.02 Å². The summed E-state index contributed by atoms with van der Waals surface area (Å²) >= 11 is 5.88. The molecule has 2 aliphatic heterocycles. The van der Waals surface area contributed by atoms with E-state index in [4.69, 9.17) is 21.1 Å². The van der Waals surface area contributed by atoms with Gasteiger partial charge in [0, 0.05) is 24.7 Å². The molecule has 2 aromatic carbocycles. The molecule has 2 N–H and O–H groups in total. The van der Waals surface area contributed by atoms with Gasteiger partial charge in [-0.15, -0.1) is 0 Å². The smallest absolute Gasteiger partial charge is 0.264 e. The molecule has 0 aromatic heterocycles. The molecule has 1 saturated heterocycles. The summed E-state index contributed by atoms with van der Waals surface area (Å²) in [6.07, 6.45) is 2.15. The van der Waals surface area contributed by atoms with E-state index in [1.807, 2.05) is 19.9 Å². The zero-order chi connectivity index (χ0) is 25.9. The number of nitrogens with one attached hydrogen (secondary N) is 1. The van der Waals surface area contributed by atoms with Crippen LogP contribution >= 0.6 is 11.6 Å². The molecule has 2 aromatic rings. The van der Waals surface area contributed by atoms with E-state index in [9.17, 15) is 18.4 Å². The molecule has 36 heavy (non-hydrogen) atoms. The number of rotatable bonds is 7. The molecule has 0 bridgehead atoms. The average molecular weight is 536 g/mol. The molecular weight excluding hydrogens is 506 g/mol. The molecule has 0 spiro atoms. The number of halogens is 1. The lowest BCUT2D eigenvalue weighted by molar-refractivity contribution is -0.164. The Labute approximate surface area is 216 Å². The molecule has 1 amide bonds. The van der Waals surface area contributed by atoms with Crippen molar-refractivity contribution in [2.45, 2.75) is 43.4 Å². The van der Waals surface area contributed by atoms with Crippen molar-refractivity contribution in [1.29, 1.82) is 0 Å². The number of nitrogens with zero attached hydrogens (tertiary/aromatic N) is 2. The average Bonchev–Trinajstić information content (AvgIpc) is 2.94. The minimum Gasteiger partial charge on any atom is -0.457 e. The Hall–Kier alpha value is -2.47. The van der Waals surface area contributed by atoms with Crippen molar-refractivity contribution < 1.29 is 27.9 Å². The fourth-order valence-electron chi connectivity index (χ4n) is 4.39. The lowest BCUT2D eigenvalue weighted by Crippen LogP contribution is -2.47. The largest absolute Gasteiger partial charge is 0.457 e. The SMILES string of the molecule is CC1CN(CC2=CCC(NS(=O)(=O)c3ccc(Oc4ccc(Cl)cc4)cc3)C(=O)N(O)C2)C[C@@H](C)O1. The Morgan fingerprint density at radius 1 is 1.06 bits per heavy atom. The molecule has 9 nitrogen and oxygen atoms in total. The molecular formula is C25H30ClN3O6S. The number of hydrogen-bond donors (Lipinski definition) is 2. The van der Waals surface area contributed by atoms with Crippen molar-refractivity contribution in [3.05, 3.63) is 65.2 Å². The van der Waals surface area contributed by atoms with Crippen LogP contribution in [0.5, 0.6) is 11.5 Å². The van der Waals surface area contributed by atoms with Gasteiger partial charge >= 0.3 is 0 Å². The van der Waals surface area contributed by atoms with Crippen molar-refractivity contribution in [2.75, 3.05) is 26.2 Å². The summed E-state index contributed by atoms with van der Waals surface area (Å²) in [5.74, 6) is 0.308. The molecule has 194 valence electrons. The van der Waals surface area contributed by atoms with E-state index in [1.165, 1.54) is 24.3 Å². The summed E-state index contributed by atoms with van der Waals surface area (Å²) in [4.78, 5) is 14.9. The standard InChI is InChI=1S/C25H30ClN3O6S/c1-17-13-28(14-18(2)34-17)15-19-3-12-24(25(30)29(31)16-19)27-36(32,33)23-10-8-22(9-11-23)35-21-6-4-20(26)5-7-21/h3-11,17-18,24,27,31H,12-16H2,1-2H3/t17-,18?,24?/m1/s1. The van der Waals surface area contributed by atoms with E-state index in [0.29, 0.717) is 28.1 Å². The molecule has 2 heterocycles. The fraction of sp³-hybridized carbons (Fsp3) is 0.400. The van der Waals surface area contributed by atoms with Crippen LogP contribution in [-0.2, 0) is 19.6 Å². The van der Waals surface area contributed by atoms with E-state index in [0.717, 1.165) is 18.7 Å². The first-order valence-corrected chi connectivity index (χ1v) is 13.6. The maximum Gasteiger partial charge on any atom is 0.264 e. The lowest BCUT2D eigenvalue weighted by atomic mass is 10.1. The summed E-state index contributed by atoms with van der Waals surface area (Å²) in [5.41, 5.74) is 0.845. The topological polar surface area (TPSA) is 108 Å². The summed E-state index contributed by atoms with van der Waals surface area (Å²) in [5, 5.41) is 11.5. The third kappa shape index (κ3) is 6.84. The Kier molecular flexibility index (Phi) is 8.34. The van der Waals surface area contributed by atoms with Gasteiger partial charge in [0.05, 0.1) is 23.6 Å². The van der Waals surface area contributed by atoms with E-state index >= 15 is 0 Å². The second kappa shape index (κ2) is 11.3. The summed E-state index contributed by atoms with van der Waals surface area (Å²) in [6, 6.07) is 11.5. The number of amides is 1. The van der Waals surface area contributed by atoms with Gasteiger partial charge in [-0.1, -0.05) is 17.7 Å². The number of carbonyl (C=O) groups is 1.